The fourth-order valence-corrected chi connectivity index (χ4v) is 4.05. The highest BCUT2D eigenvalue weighted by Crippen LogP contribution is 2.32. The number of aryl methyl sites for hydroxylation is 1. The van der Waals surface area contributed by atoms with Gasteiger partial charge in [-0.2, -0.15) is 0 Å². The molecule has 0 bridgehead atoms. The Morgan fingerprint density at radius 2 is 1.77 bits per heavy atom. The molecule has 0 aliphatic carbocycles. The minimum absolute atomic E-state index is 0.0195. The fraction of sp³-hybridized carbons (Fsp3) is 0.375. The van der Waals surface area contributed by atoms with Gasteiger partial charge in [-0.1, -0.05) is 54.2 Å². The summed E-state index contributed by atoms with van der Waals surface area (Å²) in [5.74, 6) is 1.46. The monoisotopic (exact) mass is 438 g/mol. The number of hydrogen-bond acceptors (Lipinski definition) is 5. The van der Waals surface area contributed by atoms with Crippen molar-refractivity contribution in [1.29, 1.82) is 0 Å². The van der Waals surface area contributed by atoms with Crippen LogP contribution < -0.4 is 10.1 Å². The minimum Gasteiger partial charge on any atom is -0.496 e. The zero-order valence-electron chi connectivity index (χ0n) is 18.8. The molecule has 6 nitrogen and oxygen atoms in total. The molecule has 164 valence electrons. The topological polar surface area (TPSA) is 69.0 Å². The third kappa shape index (κ3) is 6.10. The Balaban J connectivity index is 1.91. The number of amides is 1. The third-order valence-electron chi connectivity index (χ3n) is 4.68. The maximum Gasteiger partial charge on any atom is 0.233 e. The lowest BCUT2D eigenvalue weighted by molar-refractivity contribution is -0.121. The van der Waals surface area contributed by atoms with Crippen LogP contribution in [0.2, 0.25) is 0 Å². The van der Waals surface area contributed by atoms with Crippen molar-refractivity contribution in [2.45, 2.75) is 56.6 Å². The van der Waals surface area contributed by atoms with Crippen molar-refractivity contribution in [1.82, 2.24) is 20.1 Å². The molecule has 0 saturated carbocycles. The van der Waals surface area contributed by atoms with Gasteiger partial charge < -0.3 is 14.6 Å². The van der Waals surface area contributed by atoms with Gasteiger partial charge in [-0.15, -0.1) is 10.2 Å². The molecule has 2 aromatic carbocycles. The highest BCUT2D eigenvalue weighted by Gasteiger charge is 2.24. The van der Waals surface area contributed by atoms with Crippen molar-refractivity contribution in [3.05, 3.63) is 60.2 Å². The number of benzene rings is 2. The van der Waals surface area contributed by atoms with Crippen molar-refractivity contribution in [2.75, 3.05) is 7.11 Å². The summed E-state index contributed by atoms with van der Waals surface area (Å²) in [7, 11) is 1.65. The van der Waals surface area contributed by atoms with Crippen LogP contribution in [0.4, 0.5) is 0 Å². The van der Waals surface area contributed by atoms with Crippen LogP contribution in [0.1, 0.15) is 33.3 Å². The second-order valence-electron chi connectivity index (χ2n) is 8.39. The summed E-state index contributed by atoms with van der Waals surface area (Å²) in [6.07, 6.45) is 0.831. The Kier molecular flexibility index (Phi) is 7.38. The van der Waals surface area contributed by atoms with Crippen molar-refractivity contribution in [3.8, 4) is 17.1 Å². The molecule has 1 amide bonds. The van der Waals surface area contributed by atoms with Gasteiger partial charge in [0.25, 0.3) is 0 Å². The van der Waals surface area contributed by atoms with Crippen LogP contribution in [-0.4, -0.2) is 38.6 Å². The number of carbonyl (C=O) groups is 1. The summed E-state index contributed by atoms with van der Waals surface area (Å²) in [5.41, 5.74) is 1.83. The largest absolute Gasteiger partial charge is 0.496 e. The molecule has 1 atom stereocenters. The first-order valence-corrected chi connectivity index (χ1v) is 11.3. The quantitative estimate of drug-likeness (QED) is 0.521. The lowest BCUT2D eigenvalue weighted by atomic mass is 10.1. The van der Waals surface area contributed by atoms with Gasteiger partial charge >= 0.3 is 0 Å². The Labute approximate surface area is 188 Å². The Morgan fingerprint density at radius 3 is 2.45 bits per heavy atom. The van der Waals surface area contributed by atoms with Gasteiger partial charge in [-0.05, 0) is 51.8 Å². The summed E-state index contributed by atoms with van der Waals surface area (Å²) in [5, 5.41) is 12.4. The summed E-state index contributed by atoms with van der Waals surface area (Å²) in [4.78, 5) is 12.6. The number of para-hydroxylation sites is 1. The van der Waals surface area contributed by atoms with Crippen molar-refractivity contribution in [3.63, 3.8) is 0 Å². The van der Waals surface area contributed by atoms with Gasteiger partial charge in [0, 0.05) is 12.1 Å². The molecular weight excluding hydrogens is 408 g/mol. The van der Waals surface area contributed by atoms with Gasteiger partial charge in [0.2, 0.25) is 5.91 Å². The van der Waals surface area contributed by atoms with Crippen LogP contribution in [0.25, 0.3) is 11.4 Å². The maximum atomic E-state index is 12.6. The molecule has 0 radical (unpaired) electrons. The average molecular weight is 439 g/mol. The number of ether oxygens (including phenoxy) is 1. The molecule has 0 spiro atoms. The maximum absolute atomic E-state index is 12.6. The number of rotatable bonds is 8. The molecule has 0 fully saturated rings. The number of nitrogens with one attached hydrogen (secondary N) is 1. The number of aromatic nitrogens is 3. The second-order valence-corrected chi connectivity index (χ2v) is 9.70. The number of carbonyl (C=O) groups excluding carboxylic acids is 1. The molecule has 7 heteroatoms. The van der Waals surface area contributed by atoms with Gasteiger partial charge in [0.1, 0.15) is 5.75 Å². The lowest BCUT2D eigenvalue weighted by Gasteiger charge is -2.23. The van der Waals surface area contributed by atoms with Gasteiger partial charge in [-0.25, -0.2) is 0 Å². The van der Waals surface area contributed by atoms with Crippen LogP contribution in [0.3, 0.4) is 0 Å². The predicted molar refractivity (Wildman–Crippen MR) is 125 cm³/mol. The van der Waals surface area contributed by atoms with E-state index in [0.717, 1.165) is 23.6 Å². The van der Waals surface area contributed by atoms with E-state index in [0.29, 0.717) is 11.7 Å². The molecule has 0 aliphatic rings. The Bertz CT molecular complexity index is 1010. The Hall–Kier alpha value is -2.80. The highest BCUT2D eigenvalue weighted by molar-refractivity contribution is 8.00. The molecule has 0 aliphatic heterocycles. The fourth-order valence-electron chi connectivity index (χ4n) is 3.17. The van der Waals surface area contributed by atoms with Crippen LogP contribution in [-0.2, 0) is 17.8 Å². The number of thioether (sulfide) groups is 1. The van der Waals surface area contributed by atoms with E-state index in [1.807, 2.05) is 70.2 Å². The van der Waals surface area contributed by atoms with Gasteiger partial charge in [0.05, 0.1) is 17.9 Å². The van der Waals surface area contributed by atoms with E-state index in [-0.39, 0.29) is 16.7 Å². The molecule has 31 heavy (non-hydrogen) atoms. The summed E-state index contributed by atoms with van der Waals surface area (Å²) in [6.45, 7) is 8.52. The predicted octanol–water partition coefficient (Wildman–Crippen LogP) is 4.59. The first kappa shape index (κ1) is 22.9. The minimum atomic E-state index is -0.301. The zero-order valence-corrected chi connectivity index (χ0v) is 19.6. The third-order valence-corrected chi connectivity index (χ3v) is 5.76. The van der Waals surface area contributed by atoms with E-state index in [1.165, 1.54) is 17.3 Å². The van der Waals surface area contributed by atoms with Crippen LogP contribution in [0.15, 0.2) is 59.8 Å². The molecule has 1 N–H and O–H groups in total. The zero-order chi connectivity index (χ0) is 22.4. The van der Waals surface area contributed by atoms with Crippen LogP contribution in [0, 0.1) is 0 Å². The number of nitrogens with zero attached hydrogens (tertiary/aromatic N) is 3. The summed E-state index contributed by atoms with van der Waals surface area (Å²) in [6, 6.07) is 18.1. The molecule has 1 heterocycles. The molecule has 1 unspecified atom stereocenters. The van der Waals surface area contributed by atoms with E-state index in [9.17, 15) is 4.79 Å². The van der Waals surface area contributed by atoms with Crippen molar-refractivity contribution < 1.29 is 9.53 Å². The van der Waals surface area contributed by atoms with E-state index >= 15 is 0 Å². The molecule has 0 saturated heterocycles. The summed E-state index contributed by atoms with van der Waals surface area (Å²) < 4.78 is 7.63. The smallest absolute Gasteiger partial charge is 0.233 e. The molecule has 3 rings (SSSR count). The van der Waals surface area contributed by atoms with Gasteiger partial charge in [-0.3, -0.25) is 4.79 Å². The summed E-state index contributed by atoms with van der Waals surface area (Å²) >= 11 is 1.42. The molecule has 3 aromatic rings. The highest BCUT2D eigenvalue weighted by atomic mass is 32.2. The Morgan fingerprint density at radius 1 is 1.10 bits per heavy atom. The standard InChI is InChI=1S/C24H30N4O2S/c1-17(22(29)25-24(2,3)4)31-23-27-26-21(19-13-9-10-14-20(19)30-5)28(23)16-15-18-11-7-6-8-12-18/h6-14,17H,15-16H2,1-5H3,(H,25,29). The number of methoxy groups -OCH3 is 1. The van der Waals surface area contributed by atoms with Crippen LogP contribution >= 0.6 is 11.8 Å². The average Bonchev–Trinajstić information content (AvgIpc) is 3.13. The van der Waals surface area contributed by atoms with Crippen molar-refractivity contribution >= 4 is 17.7 Å². The first-order chi connectivity index (χ1) is 14.8. The normalized spacial score (nSPS) is 12.4. The molecule has 1 aromatic heterocycles. The van der Waals surface area contributed by atoms with Crippen molar-refractivity contribution in [2.24, 2.45) is 0 Å². The van der Waals surface area contributed by atoms with E-state index in [4.69, 9.17) is 4.74 Å². The van der Waals surface area contributed by atoms with E-state index in [2.05, 4.69) is 32.2 Å². The van der Waals surface area contributed by atoms with E-state index < -0.39 is 0 Å². The second kappa shape index (κ2) is 10.0. The molecular formula is C24H30N4O2S. The van der Waals surface area contributed by atoms with Gasteiger partial charge in [0.15, 0.2) is 11.0 Å². The SMILES string of the molecule is COc1ccccc1-c1nnc(SC(C)C(=O)NC(C)(C)C)n1CCc1ccccc1. The lowest BCUT2D eigenvalue weighted by Crippen LogP contribution is -2.44. The van der Waals surface area contributed by atoms with Crippen LogP contribution in [0.5, 0.6) is 5.75 Å². The number of hydrogen-bond donors (Lipinski definition) is 1. The van der Waals surface area contributed by atoms with E-state index in [1.54, 1.807) is 7.11 Å². The first-order valence-electron chi connectivity index (χ1n) is 10.4.